The minimum Gasteiger partial charge on any atom is -0.481 e. The second-order valence-electron chi connectivity index (χ2n) is 22.8. The maximum atomic E-state index is 16.7. The Kier molecular flexibility index (Phi) is 25.5. The van der Waals surface area contributed by atoms with Gasteiger partial charge in [0.25, 0.3) is 0 Å². The number of ether oxygens (including phenoxy) is 3. The number of benzene rings is 1. The number of carbonyl (C=O) groups is 7. The van der Waals surface area contributed by atoms with E-state index in [0.29, 0.717) is 49.8 Å². The van der Waals surface area contributed by atoms with Gasteiger partial charge in [0, 0.05) is 56.4 Å². The number of urea groups is 1. The highest BCUT2D eigenvalue weighted by Gasteiger charge is 2.54. The average molecular weight is 1380 g/mol. The van der Waals surface area contributed by atoms with E-state index in [1.165, 1.54) is 28.1 Å². The maximum Gasteiger partial charge on any atom is 0.407 e. The minimum absolute atomic E-state index is 0.0268. The van der Waals surface area contributed by atoms with Crippen molar-refractivity contribution in [2.24, 2.45) is 23.5 Å². The van der Waals surface area contributed by atoms with Crippen LogP contribution in [0, 0.1) is 17.8 Å². The fraction of sp³-hybridized carbons (Fsp3) is 0.582. The normalized spacial score (nSPS) is 24.9. The smallest absolute Gasteiger partial charge is 0.407 e. The summed E-state index contributed by atoms with van der Waals surface area (Å²) in [5.41, 5.74) is 12.7. The summed E-state index contributed by atoms with van der Waals surface area (Å²) in [5.74, 6) is -3.72. The number of ketones is 2. The lowest BCUT2D eigenvalue weighted by Gasteiger charge is -2.29. The monoisotopic (exact) mass is 1380 g/mol. The van der Waals surface area contributed by atoms with Crippen molar-refractivity contribution in [2.45, 2.75) is 153 Å². The number of aromatic nitrogens is 8. The van der Waals surface area contributed by atoms with Crippen LogP contribution in [0.2, 0.25) is 0 Å². The van der Waals surface area contributed by atoms with E-state index < -0.39 is 118 Å². The number of nitrogen functional groups attached to an aromatic ring is 1. The van der Waals surface area contributed by atoms with Gasteiger partial charge in [0.2, 0.25) is 11.8 Å². The van der Waals surface area contributed by atoms with Crippen LogP contribution in [0.5, 0.6) is 0 Å². The van der Waals surface area contributed by atoms with Crippen LogP contribution in [-0.2, 0) is 86.5 Å². The van der Waals surface area contributed by atoms with Gasteiger partial charge in [-0.3, -0.25) is 42.2 Å². The lowest BCUT2D eigenvalue weighted by Crippen LogP contribution is -2.45. The summed E-state index contributed by atoms with van der Waals surface area (Å²) in [6.07, 6.45) is -5.91. The number of unbranched alkanes of at least 4 members (excludes halogenated alkanes) is 3. The Morgan fingerprint density at radius 2 is 1.31 bits per heavy atom. The van der Waals surface area contributed by atoms with Crippen LogP contribution in [0.4, 0.5) is 35.7 Å². The topological polar surface area (TPSA) is 444 Å². The van der Waals surface area contributed by atoms with Crippen molar-refractivity contribution in [3.05, 3.63) is 55.1 Å². The highest BCUT2D eigenvalue weighted by atomic mass is 32.5. The number of rotatable bonds is 30. The Hall–Kier alpha value is -6.95. The largest absolute Gasteiger partial charge is 0.481 e. The van der Waals surface area contributed by atoms with Crippen LogP contribution < -0.4 is 38.1 Å². The van der Waals surface area contributed by atoms with Gasteiger partial charge in [-0.1, -0.05) is 45.7 Å². The number of carboxylic acids is 1. The molecule has 4 aromatic heterocycles. The second kappa shape index (κ2) is 32.9. The molecular formula is C55H75F2N15O17P2S2. The molecule has 0 aliphatic carbocycles. The number of anilines is 3. The molecule has 5 aromatic rings. The van der Waals surface area contributed by atoms with Crippen LogP contribution in [-0.4, -0.2) is 171 Å². The van der Waals surface area contributed by atoms with Crippen molar-refractivity contribution in [1.82, 2.24) is 55.0 Å². The number of nitrogens with zero attached hydrogens (tertiary/aromatic N) is 8. The molecule has 3 aliphatic rings. The van der Waals surface area contributed by atoms with Gasteiger partial charge in [0.05, 0.1) is 38.3 Å². The first-order valence-corrected chi connectivity index (χ1v) is 35.1. The second-order valence-corrected chi connectivity index (χ2v) is 28.3. The first-order chi connectivity index (χ1) is 44.3. The number of hydrogen-bond acceptors (Lipinski definition) is 24. The number of primary amides is 1. The van der Waals surface area contributed by atoms with Gasteiger partial charge in [-0.25, -0.2) is 48.3 Å². The molecule has 0 radical (unpaired) electrons. The molecule has 5 amide bonds. The van der Waals surface area contributed by atoms with Crippen LogP contribution in [0.25, 0.3) is 22.3 Å². The molecule has 7 heterocycles. The van der Waals surface area contributed by atoms with Crippen LogP contribution in [0.15, 0.2) is 49.6 Å². The van der Waals surface area contributed by atoms with Crippen molar-refractivity contribution in [3.8, 4) is 0 Å². The summed E-state index contributed by atoms with van der Waals surface area (Å²) in [4.78, 5) is 135. The average Bonchev–Trinajstić information content (AvgIpc) is 1.62. The number of halogens is 2. The summed E-state index contributed by atoms with van der Waals surface area (Å²) >= 11 is 10.5. The van der Waals surface area contributed by atoms with Crippen LogP contribution >= 0.6 is 13.4 Å². The number of amides is 5. The number of aliphatic carboxylic acids is 1. The number of hydrogen-bond donors (Lipinski definition) is 10. The zero-order chi connectivity index (χ0) is 67.1. The predicted octanol–water partition coefficient (Wildman–Crippen LogP) is 4.82. The molecule has 93 heavy (non-hydrogen) atoms. The molecule has 1 aromatic carbocycles. The third-order valence-electron chi connectivity index (χ3n) is 15.4. The number of nitrogens with two attached hydrogens (primary N) is 2. The summed E-state index contributed by atoms with van der Waals surface area (Å²) in [7, 11) is 0. The van der Waals surface area contributed by atoms with E-state index in [1.807, 2.05) is 0 Å². The first kappa shape index (κ1) is 71.9. The Morgan fingerprint density at radius 3 is 1.91 bits per heavy atom. The van der Waals surface area contributed by atoms with Gasteiger partial charge < -0.3 is 76.2 Å². The SMILES string of the molecule is CC(CC(=O)O)C(=O)CCCCCCC(=O)NC(C(=O)C[C@@H](CCCNC(N)=O)C(=O)Nc1ccc(COC(=O)NCCCNc2ncnc3c2ncn3[C@@H]2O[C@@H]3COP(O)(=S)O[C@H]4[C@@H](F)[C@H](n5cnc6c(N)ncnc65)O[C@@H]4COP(O)(=S)O[C@H]3[C@H]2F)cc1)C(C)C. The molecule has 3 aliphatic heterocycles. The fourth-order valence-electron chi connectivity index (χ4n) is 10.6. The third-order valence-corrected chi connectivity index (χ3v) is 18.6. The zero-order valence-corrected chi connectivity index (χ0v) is 54.2. The molecule has 3 saturated heterocycles. The number of nitrogens with one attached hydrogen (secondary N) is 5. The van der Waals surface area contributed by atoms with Gasteiger partial charge >= 0.3 is 31.5 Å². The quantitative estimate of drug-likeness (QED) is 0.0217. The number of alkyl carbamates (subject to hydrolysis) is 1. The van der Waals surface area contributed by atoms with Gasteiger partial charge in [-0.15, -0.1) is 0 Å². The molecule has 12 N–H and O–H groups in total. The van der Waals surface area contributed by atoms with Crippen LogP contribution in [0.3, 0.4) is 0 Å². The summed E-state index contributed by atoms with van der Waals surface area (Å²) in [6, 6.07) is 4.87. The van der Waals surface area contributed by atoms with Gasteiger partial charge in [0.1, 0.15) is 55.0 Å². The number of carbonyl (C=O) groups excluding carboxylic acids is 6. The summed E-state index contributed by atoms with van der Waals surface area (Å²) in [6.45, 7) is -4.49. The van der Waals surface area contributed by atoms with Crippen molar-refractivity contribution in [1.29, 1.82) is 0 Å². The Bertz CT molecular complexity index is 3560. The molecular weight excluding hydrogens is 1310 g/mol. The maximum absolute atomic E-state index is 16.7. The Morgan fingerprint density at radius 1 is 0.731 bits per heavy atom. The molecule has 13 atom stereocenters. The Balaban J connectivity index is 0.774. The number of imidazole rings is 2. The molecule has 0 spiro atoms. The molecule has 38 heteroatoms. The lowest BCUT2D eigenvalue weighted by atomic mass is 9.89. The van der Waals surface area contributed by atoms with E-state index in [0.717, 1.165) is 6.33 Å². The molecule has 32 nitrogen and oxygen atoms in total. The number of fused-ring (bicyclic) bond motifs is 4. The van der Waals surface area contributed by atoms with E-state index in [4.69, 9.17) is 72.5 Å². The highest BCUT2D eigenvalue weighted by Crippen LogP contribution is 2.55. The predicted molar refractivity (Wildman–Crippen MR) is 335 cm³/mol. The van der Waals surface area contributed by atoms with E-state index in [-0.39, 0.29) is 116 Å². The van der Waals surface area contributed by atoms with E-state index in [9.17, 15) is 43.3 Å². The number of carboxylic acid groups (broad SMARTS) is 1. The molecule has 8 rings (SSSR count). The number of alkyl halides is 2. The lowest BCUT2D eigenvalue weighted by molar-refractivity contribution is -0.140. The number of Topliss-reactive ketones (excluding diaryl/α,β-unsaturated/α-hetero) is 2. The van der Waals surface area contributed by atoms with Gasteiger partial charge in [-0.05, 0) is 79.3 Å². The standard InChI is InChI=1S/C55H75F2N15O17P2S2/c1-29(2)42(70-38(75)12-7-5-4-6-11-34(73)30(3)20-39(76)77)35(74)21-32(10-8-17-61-54(59)79)51(78)69-33-15-13-31(14-16-33)22-83-55(80)62-19-9-18-60-48-44-50(66-26-64-48)72(28-68-44)53-41(57)46-37(87-53)24-85-90(81,92)88-45-36(23-84-91(82,93)89-46)86-52(40(45)56)71-27-67-43-47(58)63-25-65-49(43)71/h13-16,25-30,32,36-37,40-42,45-46,52-53H,4-12,17-24H2,1-3H3,(H,62,80)(H,69,78)(H,70,75)(H,76,77)(H,81,92)(H,82,93)(H2,58,63,65)(H3,59,61,79)(H,60,64,66)/t30?,32-,36-,37-,40-,41-,42?,45-,46-,52-,53-,90?,91?/m1/s1. The third kappa shape index (κ3) is 19.8. The van der Waals surface area contributed by atoms with Crippen molar-refractivity contribution >= 4 is 118 Å². The van der Waals surface area contributed by atoms with Crippen molar-refractivity contribution in [3.63, 3.8) is 0 Å². The van der Waals surface area contributed by atoms with E-state index in [1.54, 1.807) is 45.0 Å². The summed E-state index contributed by atoms with van der Waals surface area (Å²) < 4.78 is 75.5. The molecule has 0 saturated carbocycles. The minimum atomic E-state index is -4.38. The highest BCUT2D eigenvalue weighted by molar-refractivity contribution is 8.07. The molecule has 508 valence electrons. The molecule has 4 unspecified atom stereocenters. The van der Waals surface area contributed by atoms with Gasteiger partial charge in [0.15, 0.2) is 59.0 Å². The van der Waals surface area contributed by atoms with Crippen LogP contribution in [0.1, 0.15) is 109 Å². The van der Waals surface area contributed by atoms with Crippen molar-refractivity contribution in [2.75, 3.05) is 49.2 Å². The fourth-order valence-corrected chi connectivity index (χ4v) is 13.5. The zero-order valence-electron chi connectivity index (χ0n) is 50.8. The first-order valence-electron chi connectivity index (χ1n) is 29.9. The Labute approximate surface area is 541 Å². The van der Waals surface area contributed by atoms with E-state index in [2.05, 4.69) is 56.5 Å². The van der Waals surface area contributed by atoms with Gasteiger partial charge in [-0.2, -0.15) is 0 Å². The van der Waals surface area contributed by atoms with E-state index >= 15 is 8.78 Å². The molecule has 0 bridgehead atoms. The van der Waals surface area contributed by atoms with Crippen molar-refractivity contribution < 1.29 is 89.5 Å². The molecule has 3 fully saturated rings. The summed E-state index contributed by atoms with van der Waals surface area (Å²) in [5, 5.41) is 22.8.